The second-order valence-corrected chi connectivity index (χ2v) is 6.52. The summed E-state index contributed by atoms with van der Waals surface area (Å²) in [5.74, 6) is 2.93. The number of rotatable bonds is 4. The number of aromatic nitrogens is 2. The van der Waals surface area contributed by atoms with Gasteiger partial charge < -0.3 is 14.7 Å². The van der Waals surface area contributed by atoms with Crippen molar-refractivity contribution in [3.63, 3.8) is 0 Å². The molecular weight excluding hydrogens is 252 g/mol. The van der Waals surface area contributed by atoms with Crippen molar-refractivity contribution in [2.24, 2.45) is 5.92 Å². The van der Waals surface area contributed by atoms with Crippen molar-refractivity contribution < 1.29 is 4.52 Å². The van der Waals surface area contributed by atoms with Crippen molar-refractivity contribution in [2.45, 2.75) is 51.5 Å². The van der Waals surface area contributed by atoms with Crippen molar-refractivity contribution in [1.82, 2.24) is 20.4 Å². The minimum atomic E-state index is 0.466. The Kier molecular flexibility index (Phi) is 4.36. The lowest BCUT2D eigenvalue weighted by atomic mass is 9.98. The summed E-state index contributed by atoms with van der Waals surface area (Å²) in [6, 6.07) is 0.649. The molecule has 0 aliphatic carbocycles. The summed E-state index contributed by atoms with van der Waals surface area (Å²) in [6.45, 7) is 9.05. The maximum Gasteiger partial charge on any atom is 0.229 e. The lowest BCUT2D eigenvalue weighted by molar-refractivity contribution is 0.264. The SMILES string of the molecule is CC(C)N1CCC(Cc2noc(C3CCNCC3)n2)C1. The predicted molar refractivity (Wildman–Crippen MR) is 77.7 cm³/mol. The minimum Gasteiger partial charge on any atom is -0.339 e. The molecule has 0 bridgehead atoms. The smallest absolute Gasteiger partial charge is 0.229 e. The average Bonchev–Trinajstić information content (AvgIpc) is 3.10. The van der Waals surface area contributed by atoms with Crippen molar-refractivity contribution >= 4 is 0 Å². The van der Waals surface area contributed by atoms with E-state index in [1.807, 2.05) is 0 Å². The molecule has 20 heavy (non-hydrogen) atoms. The topological polar surface area (TPSA) is 54.2 Å². The van der Waals surface area contributed by atoms with Crippen LogP contribution in [0.4, 0.5) is 0 Å². The Balaban J connectivity index is 1.55. The van der Waals surface area contributed by atoms with Crippen molar-refractivity contribution in [2.75, 3.05) is 26.2 Å². The van der Waals surface area contributed by atoms with Crippen LogP contribution in [0.25, 0.3) is 0 Å². The van der Waals surface area contributed by atoms with Gasteiger partial charge in [-0.15, -0.1) is 0 Å². The van der Waals surface area contributed by atoms with Crippen molar-refractivity contribution in [3.05, 3.63) is 11.7 Å². The number of piperidine rings is 1. The maximum atomic E-state index is 5.49. The summed E-state index contributed by atoms with van der Waals surface area (Å²) >= 11 is 0. The first-order chi connectivity index (χ1) is 9.72. The molecule has 5 nitrogen and oxygen atoms in total. The van der Waals surface area contributed by atoms with E-state index in [0.29, 0.717) is 17.9 Å². The fourth-order valence-electron chi connectivity index (χ4n) is 3.34. The quantitative estimate of drug-likeness (QED) is 0.910. The lowest BCUT2D eigenvalue weighted by Gasteiger charge is -2.19. The first kappa shape index (κ1) is 14.0. The Hall–Kier alpha value is -0.940. The Morgan fingerprint density at radius 3 is 2.80 bits per heavy atom. The molecule has 0 spiro atoms. The van der Waals surface area contributed by atoms with Crippen LogP contribution in [0.2, 0.25) is 0 Å². The van der Waals surface area contributed by atoms with Gasteiger partial charge in [0.05, 0.1) is 0 Å². The van der Waals surface area contributed by atoms with Crippen molar-refractivity contribution in [1.29, 1.82) is 0 Å². The van der Waals surface area contributed by atoms with Crippen LogP contribution in [0.3, 0.4) is 0 Å². The third-order valence-electron chi connectivity index (χ3n) is 4.69. The Morgan fingerprint density at radius 2 is 2.10 bits per heavy atom. The van der Waals surface area contributed by atoms with E-state index in [0.717, 1.165) is 44.1 Å². The summed E-state index contributed by atoms with van der Waals surface area (Å²) in [4.78, 5) is 7.18. The van der Waals surface area contributed by atoms with Gasteiger partial charge in [0.25, 0.3) is 0 Å². The lowest BCUT2D eigenvalue weighted by Crippen LogP contribution is -2.28. The number of nitrogens with zero attached hydrogens (tertiary/aromatic N) is 3. The first-order valence-corrected chi connectivity index (χ1v) is 7.99. The van der Waals surface area contributed by atoms with Gasteiger partial charge in [0.1, 0.15) is 0 Å². The van der Waals surface area contributed by atoms with Gasteiger partial charge in [-0.2, -0.15) is 4.98 Å². The molecule has 2 aliphatic heterocycles. The number of hydrogen-bond donors (Lipinski definition) is 1. The van der Waals surface area contributed by atoms with E-state index in [1.54, 1.807) is 0 Å². The zero-order valence-corrected chi connectivity index (χ0v) is 12.6. The van der Waals surface area contributed by atoms with Crippen LogP contribution < -0.4 is 5.32 Å². The molecule has 0 amide bonds. The highest BCUT2D eigenvalue weighted by Gasteiger charge is 2.27. The van der Waals surface area contributed by atoms with Gasteiger partial charge in [0.2, 0.25) is 5.89 Å². The van der Waals surface area contributed by atoms with Gasteiger partial charge in [0, 0.05) is 24.9 Å². The Labute approximate surface area is 121 Å². The summed E-state index contributed by atoms with van der Waals surface area (Å²) in [5.41, 5.74) is 0. The normalized spacial score (nSPS) is 25.6. The summed E-state index contributed by atoms with van der Waals surface area (Å²) in [6.07, 6.45) is 4.46. The zero-order chi connectivity index (χ0) is 13.9. The third kappa shape index (κ3) is 3.20. The molecule has 1 unspecified atom stereocenters. The molecule has 1 aromatic rings. The van der Waals surface area contributed by atoms with Crippen molar-refractivity contribution in [3.8, 4) is 0 Å². The van der Waals surface area contributed by atoms with Gasteiger partial charge in [-0.1, -0.05) is 5.16 Å². The highest BCUT2D eigenvalue weighted by molar-refractivity contribution is 4.98. The van der Waals surface area contributed by atoms with Crippen LogP contribution in [0.1, 0.15) is 50.7 Å². The molecule has 3 rings (SSSR count). The molecule has 0 saturated carbocycles. The van der Waals surface area contributed by atoms with Crippen LogP contribution in [-0.4, -0.2) is 47.3 Å². The molecule has 0 radical (unpaired) electrons. The van der Waals surface area contributed by atoms with Crippen LogP contribution in [-0.2, 0) is 6.42 Å². The molecular formula is C15H26N4O. The largest absolute Gasteiger partial charge is 0.339 e. The van der Waals surface area contributed by atoms with E-state index in [1.165, 1.54) is 19.5 Å². The van der Waals surface area contributed by atoms with E-state index in [9.17, 15) is 0 Å². The molecule has 2 aliphatic rings. The van der Waals surface area contributed by atoms with Gasteiger partial charge in [0.15, 0.2) is 5.82 Å². The molecule has 2 fully saturated rings. The molecule has 1 aromatic heterocycles. The Bertz CT molecular complexity index is 425. The average molecular weight is 278 g/mol. The second kappa shape index (κ2) is 6.22. The molecule has 3 heterocycles. The molecule has 112 valence electrons. The maximum absolute atomic E-state index is 5.49. The van der Waals surface area contributed by atoms with E-state index in [-0.39, 0.29) is 0 Å². The molecule has 1 atom stereocenters. The monoisotopic (exact) mass is 278 g/mol. The molecule has 2 saturated heterocycles. The highest BCUT2D eigenvalue weighted by Crippen LogP contribution is 2.25. The van der Waals surface area contributed by atoms with Gasteiger partial charge in [-0.25, -0.2) is 0 Å². The minimum absolute atomic E-state index is 0.466. The first-order valence-electron chi connectivity index (χ1n) is 7.99. The van der Waals surface area contributed by atoms with E-state index >= 15 is 0 Å². The molecule has 1 N–H and O–H groups in total. The molecule has 5 heteroatoms. The standard InChI is InChI=1S/C15H26N4O/c1-11(2)19-8-5-12(10-19)9-14-17-15(20-18-14)13-3-6-16-7-4-13/h11-13,16H,3-10H2,1-2H3. The summed E-state index contributed by atoms with van der Waals surface area (Å²) < 4.78 is 5.49. The second-order valence-electron chi connectivity index (χ2n) is 6.52. The fraction of sp³-hybridized carbons (Fsp3) is 0.867. The van der Waals surface area contributed by atoms with Gasteiger partial charge in [-0.3, -0.25) is 0 Å². The number of likely N-dealkylation sites (tertiary alicyclic amines) is 1. The fourth-order valence-corrected chi connectivity index (χ4v) is 3.34. The number of hydrogen-bond acceptors (Lipinski definition) is 5. The summed E-state index contributed by atoms with van der Waals surface area (Å²) in [5, 5.41) is 7.57. The van der Waals surface area contributed by atoms with Crippen LogP contribution in [0.15, 0.2) is 4.52 Å². The third-order valence-corrected chi connectivity index (χ3v) is 4.69. The molecule has 0 aromatic carbocycles. The predicted octanol–water partition coefficient (Wildman–Crippen LogP) is 1.81. The number of nitrogens with one attached hydrogen (secondary N) is 1. The highest BCUT2D eigenvalue weighted by atomic mass is 16.5. The van der Waals surface area contributed by atoms with E-state index in [4.69, 9.17) is 4.52 Å². The van der Waals surface area contributed by atoms with Gasteiger partial charge >= 0.3 is 0 Å². The zero-order valence-electron chi connectivity index (χ0n) is 12.6. The van der Waals surface area contributed by atoms with Crippen LogP contribution in [0, 0.1) is 5.92 Å². The summed E-state index contributed by atoms with van der Waals surface area (Å²) in [7, 11) is 0. The van der Waals surface area contributed by atoms with E-state index < -0.39 is 0 Å². The Morgan fingerprint density at radius 1 is 1.30 bits per heavy atom. The van der Waals surface area contributed by atoms with E-state index in [2.05, 4.69) is 34.2 Å². The van der Waals surface area contributed by atoms with Crippen LogP contribution >= 0.6 is 0 Å². The van der Waals surface area contributed by atoms with Gasteiger partial charge in [-0.05, 0) is 58.7 Å². The van der Waals surface area contributed by atoms with Crippen LogP contribution in [0.5, 0.6) is 0 Å².